The van der Waals surface area contributed by atoms with Gasteiger partial charge in [-0.25, -0.2) is 0 Å². The van der Waals surface area contributed by atoms with E-state index in [1.165, 1.54) is 0 Å². The molecule has 4 heteroatoms. The van der Waals surface area contributed by atoms with Crippen LogP contribution in [0.2, 0.25) is 5.02 Å². The van der Waals surface area contributed by atoms with Crippen molar-refractivity contribution in [1.82, 2.24) is 5.32 Å². The maximum absolute atomic E-state index is 9.07. The van der Waals surface area contributed by atoms with Crippen LogP contribution in [0, 0.1) is 11.3 Å². The van der Waals surface area contributed by atoms with E-state index in [4.69, 9.17) is 16.9 Å². The summed E-state index contributed by atoms with van der Waals surface area (Å²) >= 11 is 5.98. The number of nitriles is 1. The number of benzene rings is 1. The molecule has 0 bridgehead atoms. The molecule has 0 aromatic heterocycles. The summed E-state index contributed by atoms with van der Waals surface area (Å²) in [5.74, 6) is 0. The van der Waals surface area contributed by atoms with Crippen molar-refractivity contribution in [3.05, 3.63) is 28.8 Å². The van der Waals surface area contributed by atoms with Gasteiger partial charge in [0.05, 0.1) is 11.3 Å². The van der Waals surface area contributed by atoms with E-state index in [1.54, 1.807) is 12.1 Å². The molecule has 0 atom stereocenters. The van der Waals surface area contributed by atoms with Crippen LogP contribution in [0.25, 0.3) is 0 Å². The van der Waals surface area contributed by atoms with E-state index in [0.717, 1.165) is 38.3 Å². The molecular weight excluding hydrogens is 222 g/mol. The van der Waals surface area contributed by atoms with E-state index in [-0.39, 0.29) is 0 Å². The SMILES string of the molecule is N#Cc1ccc(Cl)cc1N1CCCNCC1. The molecule has 1 aromatic rings. The lowest BCUT2D eigenvalue weighted by atomic mass is 10.1. The quantitative estimate of drug-likeness (QED) is 0.810. The zero-order chi connectivity index (χ0) is 11.4. The molecular formula is C12H14ClN3. The lowest BCUT2D eigenvalue weighted by molar-refractivity contribution is 0.724. The maximum atomic E-state index is 9.07. The van der Waals surface area contributed by atoms with Crippen LogP contribution in [0.15, 0.2) is 18.2 Å². The van der Waals surface area contributed by atoms with Crippen molar-refractivity contribution in [1.29, 1.82) is 5.26 Å². The number of halogens is 1. The van der Waals surface area contributed by atoms with Crippen LogP contribution in [0.1, 0.15) is 12.0 Å². The van der Waals surface area contributed by atoms with E-state index < -0.39 is 0 Å². The monoisotopic (exact) mass is 235 g/mol. The molecule has 1 saturated heterocycles. The zero-order valence-corrected chi connectivity index (χ0v) is 9.80. The average molecular weight is 236 g/mol. The number of hydrogen-bond acceptors (Lipinski definition) is 3. The molecule has 1 aliphatic rings. The van der Waals surface area contributed by atoms with Crippen molar-refractivity contribution in [2.75, 3.05) is 31.1 Å². The molecule has 84 valence electrons. The molecule has 1 fully saturated rings. The smallest absolute Gasteiger partial charge is 0.101 e. The summed E-state index contributed by atoms with van der Waals surface area (Å²) < 4.78 is 0. The highest BCUT2D eigenvalue weighted by Gasteiger charge is 2.13. The van der Waals surface area contributed by atoms with Crippen LogP contribution >= 0.6 is 11.6 Å². The fourth-order valence-corrected chi connectivity index (χ4v) is 2.11. The highest BCUT2D eigenvalue weighted by atomic mass is 35.5. The molecule has 0 spiro atoms. The topological polar surface area (TPSA) is 39.1 Å². The van der Waals surface area contributed by atoms with Gasteiger partial charge < -0.3 is 10.2 Å². The van der Waals surface area contributed by atoms with Gasteiger partial charge in [-0.2, -0.15) is 5.26 Å². The van der Waals surface area contributed by atoms with Crippen LogP contribution in [0.4, 0.5) is 5.69 Å². The molecule has 0 radical (unpaired) electrons. The first-order valence-electron chi connectivity index (χ1n) is 5.46. The minimum Gasteiger partial charge on any atom is -0.369 e. The Balaban J connectivity index is 2.30. The van der Waals surface area contributed by atoms with Crippen molar-refractivity contribution in [3.8, 4) is 6.07 Å². The van der Waals surface area contributed by atoms with Gasteiger partial charge in [0.1, 0.15) is 6.07 Å². The third kappa shape index (κ3) is 2.46. The van der Waals surface area contributed by atoms with Gasteiger partial charge in [-0.15, -0.1) is 0 Å². The second kappa shape index (κ2) is 5.20. The van der Waals surface area contributed by atoms with Crippen LogP contribution < -0.4 is 10.2 Å². The van der Waals surface area contributed by atoms with Crippen LogP contribution in [-0.4, -0.2) is 26.2 Å². The molecule has 3 nitrogen and oxygen atoms in total. The van der Waals surface area contributed by atoms with Gasteiger partial charge in [-0.3, -0.25) is 0 Å². The molecule has 1 heterocycles. The summed E-state index contributed by atoms with van der Waals surface area (Å²) in [6.45, 7) is 3.90. The van der Waals surface area contributed by atoms with Crippen molar-refractivity contribution >= 4 is 17.3 Å². The standard InChI is InChI=1S/C12H14ClN3/c13-11-3-2-10(9-14)12(8-11)16-6-1-4-15-5-7-16/h2-3,8,15H,1,4-7H2. The molecule has 1 aliphatic heterocycles. The van der Waals surface area contributed by atoms with E-state index in [0.29, 0.717) is 10.6 Å². The first-order valence-corrected chi connectivity index (χ1v) is 5.84. The van der Waals surface area contributed by atoms with Gasteiger partial charge in [0.25, 0.3) is 0 Å². The van der Waals surface area contributed by atoms with Gasteiger partial charge in [0.15, 0.2) is 0 Å². The Labute approximate surface area is 101 Å². The van der Waals surface area contributed by atoms with Gasteiger partial charge >= 0.3 is 0 Å². The Morgan fingerprint density at radius 2 is 2.19 bits per heavy atom. The highest BCUT2D eigenvalue weighted by molar-refractivity contribution is 6.30. The van der Waals surface area contributed by atoms with Gasteiger partial charge in [0.2, 0.25) is 0 Å². The maximum Gasteiger partial charge on any atom is 0.101 e. The number of rotatable bonds is 1. The summed E-state index contributed by atoms with van der Waals surface area (Å²) in [4.78, 5) is 2.23. The van der Waals surface area contributed by atoms with Gasteiger partial charge in [-0.05, 0) is 31.2 Å². The molecule has 1 aromatic carbocycles. The first-order chi connectivity index (χ1) is 7.81. The van der Waals surface area contributed by atoms with Crippen molar-refractivity contribution in [3.63, 3.8) is 0 Å². The van der Waals surface area contributed by atoms with Crippen LogP contribution in [-0.2, 0) is 0 Å². The Kier molecular flexibility index (Phi) is 3.66. The third-order valence-corrected chi connectivity index (χ3v) is 3.00. The second-order valence-electron chi connectivity index (χ2n) is 3.86. The average Bonchev–Trinajstić information content (AvgIpc) is 2.57. The minimum absolute atomic E-state index is 0.686. The summed E-state index contributed by atoms with van der Waals surface area (Å²) in [7, 11) is 0. The first kappa shape index (κ1) is 11.3. The Hall–Kier alpha value is -1.24. The van der Waals surface area contributed by atoms with E-state index >= 15 is 0 Å². The Morgan fingerprint density at radius 3 is 3.00 bits per heavy atom. The normalized spacial score (nSPS) is 16.6. The molecule has 2 rings (SSSR count). The molecule has 1 N–H and O–H groups in total. The third-order valence-electron chi connectivity index (χ3n) is 2.76. The molecule has 16 heavy (non-hydrogen) atoms. The van der Waals surface area contributed by atoms with Crippen LogP contribution in [0.3, 0.4) is 0 Å². The number of hydrogen-bond donors (Lipinski definition) is 1. The Bertz CT molecular complexity index is 403. The van der Waals surface area contributed by atoms with E-state index in [9.17, 15) is 0 Å². The zero-order valence-electron chi connectivity index (χ0n) is 9.04. The highest BCUT2D eigenvalue weighted by Crippen LogP contribution is 2.24. The minimum atomic E-state index is 0.686. The Morgan fingerprint density at radius 1 is 1.31 bits per heavy atom. The summed E-state index contributed by atoms with van der Waals surface area (Å²) in [5, 5.41) is 13.1. The van der Waals surface area contributed by atoms with Gasteiger partial charge in [0, 0.05) is 24.7 Å². The predicted octanol–water partition coefficient (Wildman–Crippen LogP) is 2.01. The predicted molar refractivity (Wildman–Crippen MR) is 65.9 cm³/mol. The lowest BCUT2D eigenvalue weighted by Crippen LogP contribution is -2.28. The lowest BCUT2D eigenvalue weighted by Gasteiger charge is -2.23. The van der Waals surface area contributed by atoms with Crippen molar-refractivity contribution in [2.24, 2.45) is 0 Å². The summed E-state index contributed by atoms with van der Waals surface area (Å²) in [6, 6.07) is 7.65. The molecule has 0 saturated carbocycles. The van der Waals surface area contributed by atoms with Crippen molar-refractivity contribution < 1.29 is 0 Å². The molecule has 0 amide bonds. The fourth-order valence-electron chi connectivity index (χ4n) is 1.95. The van der Waals surface area contributed by atoms with Crippen molar-refractivity contribution in [2.45, 2.75) is 6.42 Å². The van der Waals surface area contributed by atoms with E-state index in [2.05, 4.69) is 16.3 Å². The van der Waals surface area contributed by atoms with Gasteiger partial charge in [-0.1, -0.05) is 11.6 Å². The molecule has 0 aliphatic carbocycles. The largest absolute Gasteiger partial charge is 0.369 e. The molecule has 0 unspecified atom stereocenters. The number of anilines is 1. The summed E-state index contributed by atoms with van der Waals surface area (Å²) in [5.41, 5.74) is 1.66. The second-order valence-corrected chi connectivity index (χ2v) is 4.30. The van der Waals surface area contributed by atoms with E-state index in [1.807, 2.05) is 6.07 Å². The fraction of sp³-hybridized carbons (Fsp3) is 0.417. The summed E-state index contributed by atoms with van der Waals surface area (Å²) in [6.07, 6.45) is 1.09. The number of nitrogens with zero attached hydrogens (tertiary/aromatic N) is 2. The van der Waals surface area contributed by atoms with Crippen LogP contribution in [0.5, 0.6) is 0 Å². The number of nitrogens with one attached hydrogen (secondary N) is 1.